The van der Waals surface area contributed by atoms with Crippen LogP contribution in [-0.4, -0.2) is 11.8 Å². The standard InChI is InChI=1S/C10H13ClN2O/c1-2-8-3-5-9(6-4-8)13(12)10(14)7-11/h3-6H,2,7,12H2,1H3. The summed E-state index contributed by atoms with van der Waals surface area (Å²) >= 11 is 5.38. The van der Waals surface area contributed by atoms with Gasteiger partial charge in [-0.3, -0.25) is 4.79 Å². The van der Waals surface area contributed by atoms with E-state index in [4.69, 9.17) is 17.4 Å². The van der Waals surface area contributed by atoms with Gasteiger partial charge in [0.05, 0.1) is 5.69 Å². The molecule has 0 aliphatic rings. The highest BCUT2D eigenvalue weighted by Crippen LogP contribution is 2.13. The van der Waals surface area contributed by atoms with E-state index in [2.05, 4.69) is 6.92 Å². The molecule has 0 saturated heterocycles. The molecule has 3 nitrogen and oxygen atoms in total. The van der Waals surface area contributed by atoms with Crippen molar-refractivity contribution in [2.45, 2.75) is 13.3 Å². The van der Waals surface area contributed by atoms with Crippen LogP contribution in [0.2, 0.25) is 0 Å². The molecule has 0 bridgehead atoms. The van der Waals surface area contributed by atoms with Crippen molar-refractivity contribution < 1.29 is 4.79 Å². The molecule has 1 aromatic carbocycles. The Hall–Kier alpha value is -1.06. The van der Waals surface area contributed by atoms with Crippen molar-refractivity contribution >= 4 is 23.2 Å². The molecule has 1 aromatic rings. The average molecular weight is 213 g/mol. The van der Waals surface area contributed by atoms with Gasteiger partial charge >= 0.3 is 0 Å². The molecule has 0 radical (unpaired) electrons. The Labute approximate surface area is 88.4 Å². The Morgan fingerprint density at radius 3 is 2.43 bits per heavy atom. The Balaban J connectivity index is 2.81. The van der Waals surface area contributed by atoms with E-state index in [9.17, 15) is 4.79 Å². The second-order valence-corrected chi connectivity index (χ2v) is 3.18. The van der Waals surface area contributed by atoms with Gasteiger partial charge in [0.25, 0.3) is 5.91 Å². The molecule has 76 valence electrons. The summed E-state index contributed by atoms with van der Waals surface area (Å²) in [5.41, 5.74) is 1.87. The number of rotatable bonds is 3. The van der Waals surface area contributed by atoms with Crippen LogP contribution in [0.3, 0.4) is 0 Å². The van der Waals surface area contributed by atoms with E-state index in [1.54, 1.807) is 0 Å². The number of hydrogen-bond acceptors (Lipinski definition) is 2. The lowest BCUT2D eigenvalue weighted by molar-refractivity contribution is -0.116. The number of carbonyl (C=O) groups is 1. The van der Waals surface area contributed by atoms with E-state index in [1.165, 1.54) is 5.56 Å². The van der Waals surface area contributed by atoms with Crippen LogP contribution in [0.15, 0.2) is 24.3 Å². The Kier molecular flexibility index (Phi) is 3.92. The molecule has 0 heterocycles. The zero-order valence-electron chi connectivity index (χ0n) is 8.03. The maximum atomic E-state index is 11.1. The van der Waals surface area contributed by atoms with Gasteiger partial charge in [0.15, 0.2) is 0 Å². The van der Waals surface area contributed by atoms with Crippen LogP contribution < -0.4 is 10.9 Å². The van der Waals surface area contributed by atoms with Gasteiger partial charge in [0.1, 0.15) is 5.88 Å². The third kappa shape index (κ3) is 2.47. The van der Waals surface area contributed by atoms with E-state index in [0.717, 1.165) is 11.4 Å². The van der Waals surface area contributed by atoms with Crippen molar-refractivity contribution in [1.82, 2.24) is 0 Å². The summed E-state index contributed by atoms with van der Waals surface area (Å²) in [4.78, 5) is 11.1. The van der Waals surface area contributed by atoms with Crippen LogP contribution in [0.25, 0.3) is 0 Å². The van der Waals surface area contributed by atoms with Gasteiger partial charge in [-0.2, -0.15) is 0 Å². The van der Waals surface area contributed by atoms with Crippen molar-refractivity contribution in [3.8, 4) is 0 Å². The number of halogens is 1. The first-order valence-corrected chi connectivity index (χ1v) is 4.95. The fourth-order valence-electron chi connectivity index (χ4n) is 1.10. The summed E-state index contributed by atoms with van der Waals surface area (Å²) in [5, 5.41) is 1.06. The van der Waals surface area contributed by atoms with E-state index in [1.807, 2.05) is 24.3 Å². The topological polar surface area (TPSA) is 46.3 Å². The molecular formula is C10H13ClN2O. The number of nitrogens with zero attached hydrogens (tertiary/aromatic N) is 1. The molecule has 1 rings (SSSR count). The molecule has 0 aromatic heterocycles. The van der Waals surface area contributed by atoms with Crippen LogP contribution in [0.4, 0.5) is 5.69 Å². The highest BCUT2D eigenvalue weighted by Gasteiger charge is 2.09. The maximum Gasteiger partial charge on any atom is 0.256 e. The molecule has 0 atom stereocenters. The molecule has 0 aliphatic carbocycles. The van der Waals surface area contributed by atoms with Crippen LogP contribution >= 0.6 is 11.6 Å². The lowest BCUT2D eigenvalue weighted by Crippen LogP contribution is -2.38. The normalized spacial score (nSPS) is 9.93. The fraction of sp³-hybridized carbons (Fsp3) is 0.300. The summed E-state index contributed by atoms with van der Waals surface area (Å²) < 4.78 is 0. The molecule has 0 saturated carbocycles. The molecule has 4 heteroatoms. The second-order valence-electron chi connectivity index (χ2n) is 2.92. The van der Waals surface area contributed by atoms with Gasteiger partial charge in [-0.25, -0.2) is 10.9 Å². The van der Waals surface area contributed by atoms with Crippen LogP contribution in [0.5, 0.6) is 0 Å². The zero-order valence-corrected chi connectivity index (χ0v) is 8.79. The largest absolute Gasteiger partial charge is 0.272 e. The van der Waals surface area contributed by atoms with Crippen molar-refractivity contribution in [3.63, 3.8) is 0 Å². The molecular weight excluding hydrogens is 200 g/mol. The average Bonchev–Trinajstić information content (AvgIpc) is 2.27. The fourth-order valence-corrected chi connectivity index (χ4v) is 1.23. The highest BCUT2D eigenvalue weighted by molar-refractivity contribution is 6.29. The van der Waals surface area contributed by atoms with E-state index < -0.39 is 0 Å². The van der Waals surface area contributed by atoms with Gasteiger partial charge in [-0.1, -0.05) is 19.1 Å². The first-order valence-electron chi connectivity index (χ1n) is 4.41. The number of amides is 1. The first kappa shape index (κ1) is 11.0. The molecule has 0 unspecified atom stereocenters. The summed E-state index contributed by atoms with van der Waals surface area (Å²) in [6, 6.07) is 7.50. The van der Waals surface area contributed by atoms with Crippen molar-refractivity contribution in [3.05, 3.63) is 29.8 Å². The molecule has 0 spiro atoms. The lowest BCUT2D eigenvalue weighted by Gasteiger charge is -2.15. The molecule has 1 amide bonds. The number of nitrogens with two attached hydrogens (primary N) is 1. The summed E-state index contributed by atoms with van der Waals surface area (Å²) in [6.45, 7) is 2.07. The van der Waals surface area contributed by atoms with Gasteiger partial charge in [0.2, 0.25) is 0 Å². The molecule has 14 heavy (non-hydrogen) atoms. The predicted octanol–water partition coefficient (Wildman–Crippen LogP) is 1.69. The van der Waals surface area contributed by atoms with Crippen LogP contribution in [0, 0.1) is 0 Å². The Morgan fingerprint density at radius 2 is 2.00 bits per heavy atom. The summed E-state index contributed by atoms with van der Waals surface area (Å²) in [5.74, 6) is 5.13. The highest BCUT2D eigenvalue weighted by atomic mass is 35.5. The predicted molar refractivity (Wildman–Crippen MR) is 58.2 cm³/mol. The zero-order chi connectivity index (χ0) is 10.6. The Bertz CT molecular complexity index is 310. The Morgan fingerprint density at radius 1 is 1.43 bits per heavy atom. The first-order chi connectivity index (χ1) is 6.69. The number of carbonyl (C=O) groups excluding carboxylic acids is 1. The summed E-state index contributed by atoms with van der Waals surface area (Å²) in [7, 11) is 0. The van der Waals surface area contributed by atoms with Crippen molar-refractivity contribution in [2.24, 2.45) is 5.84 Å². The van der Waals surface area contributed by atoms with E-state index >= 15 is 0 Å². The number of alkyl halides is 1. The van der Waals surface area contributed by atoms with Crippen LogP contribution in [0.1, 0.15) is 12.5 Å². The number of aryl methyl sites for hydroxylation is 1. The second kappa shape index (κ2) is 4.98. The van der Waals surface area contributed by atoms with Gasteiger partial charge in [-0.05, 0) is 24.1 Å². The third-order valence-corrected chi connectivity index (χ3v) is 2.23. The van der Waals surface area contributed by atoms with E-state index in [-0.39, 0.29) is 11.8 Å². The lowest BCUT2D eigenvalue weighted by atomic mass is 10.1. The molecule has 0 aliphatic heterocycles. The number of hydrogen-bond donors (Lipinski definition) is 1. The maximum absolute atomic E-state index is 11.1. The van der Waals surface area contributed by atoms with Crippen LogP contribution in [-0.2, 0) is 11.2 Å². The van der Waals surface area contributed by atoms with Crippen molar-refractivity contribution in [1.29, 1.82) is 0 Å². The van der Waals surface area contributed by atoms with Crippen molar-refractivity contribution in [2.75, 3.05) is 10.9 Å². The van der Waals surface area contributed by atoms with Gasteiger partial charge in [-0.15, -0.1) is 11.6 Å². The quantitative estimate of drug-likeness (QED) is 0.359. The third-order valence-electron chi connectivity index (χ3n) is 2.01. The summed E-state index contributed by atoms with van der Waals surface area (Å²) in [6.07, 6.45) is 0.967. The minimum absolute atomic E-state index is 0.105. The molecule has 2 N–H and O–H groups in total. The minimum Gasteiger partial charge on any atom is -0.272 e. The van der Waals surface area contributed by atoms with Gasteiger partial charge < -0.3 is 0 Å². The molecule has 0 fully saturated rings. The number of anilines is 1. The van der Waals surface area contributed by atoms with E-state index in [0.29, 0.717) is 5.69 Å². The number of benzene rings is 1. The monoisotopic (exact) mass is 212 g/mol. The van der Waals surface area contributed by atoms with Gasteiger partial charge in [0, 0.05) is 0 Å². The number of hydrazine groups is 1. The smallest absolute Gasteiger partial charge is 0.256 e. The SMILES string of the molecule is CCc1ccc(N(N)C(=O)CCl)cc1. The minimum atomic E-state index is -0.309.